The van der Waals surface area contributed by atoms with Crippen LogP contribution in [-0.2, 0) is 0 Å². The quantitative estimate of drug-likeness (QED) is 0.0843. The molecule has 0 aliphatic carbocycles. The number of halogens is 1. The van der Waals surface area contributed by atoms with Crippen molar-refractivity contribution in [3.8, 4) is 0 Å². The summed E-state index contributed by atoms with van der Waals surface area (Å²) in [4.78, 5) is 4.64. The molecular weight excluding hydrogens is 508 g/mol. The van der Waals surface area contributed by atoms with Crippen LogP contribution in [0.5, 0.6) is 0 Å². The van der Waals surface area contributed by atoms with E-state index in [2.05, 4.69) is 32.7 Å². The molecule has 1 rings (SSSR count). The first-order valence-corrected chi connectivity index (χ1v) is 18.8. The van der Waals surface area contributed by atoms with Crippen molar-refractivity contribution in [3.05, 3.63) is 0 Å². The molecule has 1 N–H and O–H groups in total. The second-order valence-electron chi connectivity index (χ2n) is 13.5. The third kappa shape index (κ3) is 21.8. The molecule has 2 nitrogen and oxygen atoms in total. The van der Waals surface area contributed by atoms with Crippen molar-refractivity contribution >= 4 is 0 Å². The first-order chi connectivity index (χ1) is 19.2. The number of likely N-dealkylation sites (N-methyl/N-ethyl adjacent to an activating group) is 1. The van der Waals surface area contributed by atoms with Gasteiger partial charge < -0.3 is 17.3 Å². The fraction of sp³-hybridized carbons (Fsp3) is 1.00. The highest BCUT2D eigenvalue weighted by atomic mass is 35.5. The maximum absolute atomic E-state index is 2.70. The topological polar surface area (TPSA) is 7.68 Å². The molecule has 0 aromatic heterocycles. The number of unbranched alkanes of at least 4 members (excludes halogenated alkanes) is 24. The van der Waals surface area contributed by atoms with E-state index in [1.807, 2.05) is 4.90 Å². The van der Waals surface area contributed by atoms with Crippen molar-refractivity contribution in [2.75, 3.05) is 20.1 Å². The van der Waals surface area contributed by atoms with E-state index in [0.29, 0.717) is 0 Å². The minimum Gasteiger partial charge on any atom is -1.00 e. The number of hydrogen-bond acceptors (Lipinski definition) is 1. The normalized spacial score (nSPS) is 18.3. The third-order valence-corrected chi connectivity index (χ3v) is 9.97. The van der Waals surface area contributed by atoms with Crippen LogP contribution in [0.4, 0.5) is 0 Å². The molecule has 3 heteroatoms. The maximum Gasteiger partial charge on any atom is 0.144 e. The Balaban J connectivity index is 0.0000152. The van der Waals surface area contributed by atoms with Gasteiger partial charge in [0.2, 0.25) is 0 Å². The van der Waals surface area contributed by atoms with Gasteiger partial charge in [0.1, 0.15) is 6.17 Å². The number of nitrogens with zero attached hydrogens (tertiary/aromatic N) is 1. The van der Waals surface area contributed by atoms with E-state index in [1.165, 1.54) is 199 Å². The lowest BCUT2D eigenvalue weighted by atomic mass is 10.0. The van der Waals surface area contributed by atoms with Crippen molar-refractivity contribution in [3.63, 3.8) is 0 Å². The molecule has 0 amide bonds. The van der Waals surface area contributed by atoms with Gasteiger partial charge in [0.15, 0.2) is 0 Å². The molecule has 0 aromatic rings. The lowest BCUT2D eigenvalue weighted by Crippen LogP contribution is -3.18. The summed E-state index contributed by atoms with van der Waals surface area (Å²) in [6.45, 7) is 9.78. The van der Waals surface area contributed by atoms with Gasteiger partial charge in [-0.2, -0.15) is 0 Å². The zero-order valence-corrected chi connectivity index (χ0v) is 29.2. The van der Waals surface area contributed by atoms with Gasteiger partial charge in [-0.25, -0.2) is 0 Å². The Morgan fingerprint density at radius 1 is 0.525 bits per heavy atom. The van der Waals surface area contributed by atoms with Crippen LogP contribution in [0.3, 0.4) is 0 Å². The smallest absolute Gasteiger partial charge is 0.144 e. The van der Waals surface area contributed by atoms with E-state index in [0.717, 1.165) is 12.2 Å². The van der Waals surface area contributed by atoms with E-state index >= 15 is 0 Å². The van der Waals surface area contributed by atoms with Crippen LogP contribution in [0.2, 0.25) is 0 Å². The van der Waals surface area contributed by atoms with E-state index in [-0.39, 0.29) is 12.4 Å². The Morgan fingerprint density at radius 2 is 0.875 bits per heavy atom. The number of nitrogens with one attached hydrogen (secondary N) is 1. The third-order valence-electron chi connectivity index (χ3n) is 9.97. The molecule has 0 aromatic carbocycles. The van der Waals surface area contributed by atoms with Gasteiger partial charge in [0.25, 0.3) is 0 Å². The molecule has 1 aliphatic heterocycles. The molecule has 0 spiro atoms. The average molecular weight is 585 g/mol. The van der Waals surface area contributed by atoms with Gasteiger partial charge in [-0.15, -0.1) is 0 Å². The Kier molecular flexibility index (Phi) is 30.8. The number of hydrogen-bond donors (Lipinski definition) is 1. The van der Waals surface area contributed by atoms with Crippen LogP contribution in [0.25, 0.3) is 0 Å². The van der Waals surface area contributed by atoms with Crippen LogP contribution in [-0.4, -0.2) is 37.2 Å². The summed E-state index contributed by atoms with van der Waals surface area (Å²) in [6.07, 6.45) is 43.1. The number of quaternary nitrogens is 1. The Hall–Kier alpha value is 0.210. The molecule has 3 unspecified atom stereocenters. The molecule has 0 bridgehead atoms. The van der Waals surface area contributed by atoms with E-state index < -0.39 is 0 Å². The molecule has 1 fully saturated rings. The summed E-state index contributed by atoms with van der Waals surface area (Å²) >= 11 is 0. The van der Waals surface area contributed by atoms with Gasteiger partial charge in [0.05, 0.1) is 19.1 Å². The highest BCUT2D eigenvalue weighted by Crippen LogP contribution is 2.16. The highest BCUT2D eigenvalue weighted by Gasteiger charge is 2.36. The van der Waals surface area contributed by atoms with Crippen molar-refractivity contribution in [2.45, 2.75) is 219 Å². The fourth-order valence-corrected chi connectivity index (χ4v) is 7.21. The molecule has 1 saturated heterocycles. The Bertz CT molecular complexity index is 485. The SMILES string of the molecule is CCCCCCCCCCCCCCCC(CC)[NH+]1CCN(C)C1CCCCCCCCCCCCCCC.[Cl-]. The molecule has 1 aliphatic rings. The van der Waals surface area contributed by atoms with Crippen molar-refractivity contribution < 1.29 is 17.3 Å². The summed E-state index contributed by atoms with van der Waals surface area (Å²) in [5, 5.41) is 0. The largest absolute Gasteiger partial charge is 1.00 e. The first kappa shape index (κ1) is 40.2. The monoisotopic (exact) mass is 585 g/mol. The van der Waals surface area contributed by atoms with Crippen LogP contribution in [0.1, 0.15) is 207 Å². The second-order valence-corrected chi connectivity index (χ2v) is 13.5. The second kappa shape index (κ2) is 30.7. The Labute approximate surface area is 261 Å². The van der Waals surface area contributed by atoms with Crippen molar-refractivity contribution in [1.82, 2.24) is 4.90 Å². The fourth-order valence-electron chi connectivity index (χ4n) is 7.21. The van der Waals surface area contributed by atoms with Crippen molar-refractivity contribution in [2.24, 2.45) is 0 Å². The van der Waals surface area contributed by atoms with Crippen LogP contribution in [0.15, 0.2) is 0 Å². The van der Waals surface area contributed by atoms with Crippen LogP contribution < -0.4 is 17.3 Å². The van der Waals surface area contributed by atoms with Gasteiger partial charge in [-0.3, -0.25) is 4.90 Å². The molecule has 0 radical (unpaired) electrons. The van der Waals surface area contributed by atoms with Gasteiger partial charge in [-0.05, 0) is 32.7 Å². The van der Waals surface area contributed by atoms with Gasteiger partial charge >= 0.3 is 0 Å². The highest BCUT2D eigenvalue weighted by molar-refractivity contribution is 4.68. The molecule has 3 atom stereocenters. The zero-order valence-electron chi connectivity index (χ0n) is 28.4. The minimum atomic E-state index is 0. The summed E-state index contributed by atoms with van der Waals surface area (Å²) < 4.78 is 0. The lowest BCUT2D eigenvalue weighted by molar-refractivity contribution is -0.943. The minimum absolute atomic E-state index is 0. The zero-order chi connectivity index (χ0) is 28.2. The summed E-state index contributed by atoms with van der Waals surface area (Å²) in [7, 11) is 2.40. The molecule has 1 heterocycles. The predicted molar refractivity (Wildman–Crippen MR) is 177 cm³/mol. The standard InChI is InChI=1S/C37H76N2.ClH/c1-5-8-10-12-14-16-18-20-22-24-26-28-30-32-36(7-3)39-35-34-38(4)37(39)33-31-29-27-25-23-21-19-17-15-13-11-9-6-2;/h36-37H,5-35H2,1-4H3;1H. The average Bonchev–Trinajstić information content (AvgIpc) is 3.31. The summed E-state index contributed by atoms with van der Waals surface area (Å²) in [5.41, 5.74) is 0. The molecule has 0 saturated carbocycles. The van der Waals surface area contributed by atoms with E-state index in [4.69, 9.17) is 0 Å². The molecule has 40 heavy (non-hydrogen) atoms. The van der Waals surface area contributed by atoms with Crippen molar-refractivity contribution in [1.29, 1.82) is 0 Å². The van der Waals surface area contributed by atoms with E-state index in [1.54, 1.807) is 0 Å². The molecular formula is C37H77ClN2. The molecule has 242 valence electrons. The Morgan fingerprint density at radius 3 is 1.25 bits per heavy atom. The predicted octanol–water partition coefficient (Wildman–Crippen LogP) is 7.89. The van der Waals surface area contributed by atoms with Gasteiger partial charge in [-0.1, -0.05) is 175 Å². The van der Waals surface area contributed by atoms with Crippen LogP contribution >= 0.6 is 0 Å². The summed E-state index contributed by atoms with van der Waals surface area (Å²) in [5.74, 6) is 0. The van der Waals surface area contributed by atoms with E-state index in [9.17, 15) is 0 Å². The van der Waals surface area contributed by atoms with Gasteiger partial charge in [0, 0.05) is 6.42 Å². The first-order valence-electron chi connectivity index (χ1n) is 18.8. The maximum atomic E-state index is 2.70. The summed E-state index contributed by atoms with van der Waals surface area (Å²) in [6, 6.07) is 0.898. The van der Waals surface area contributed by atoms with Crippen LogP contribution in [0, 0.1) is 0 Å². The lowest BCUT2D eigenvalue weighted by Gasteiger charge is -2.31. The number of rotatable bonds is 30.